The first-order chi connectivity index (χ1) is 8.20. The maximum atomic E-state index is 5.73. The van der Waals surface area contributed by atoms with Crippen molar-refractivity contribution in [2.45, 2.75) is 39.1 Å². The number of nitrogens with zero attached hydrogens (tertiary/aromatic N) is 2. The SMILES string of the molecule is CC1CN(Cc2ncccc2CN)C(C)CO1. The molecule has 1 aliphatic rings. The summed E-state index contributed by atoms with van der Waals surface area (Å²) >= 11 is 0. The molecule has 1 aromatic heterocycles. The molecule has 4 heteroatoms. The lowest BCUT2D eigenvalue weighted by Crippen LogP contribution is -2.46. The molecule has 0 amide bonds. The Morgan fingerprint density at radius 1 is 1.53 bits per heavy atom. The van der Waals surface area contributed by atoms with Crippen molar-refractivity contribution >= 4 is 0 Å². The van der Waals surface area contributed by atoms with Gasteiger partial charge in [0.2, 0.25) is 0 Å². The molecule has 2 heterocycles. The van der Waals surface area contributed by atoms with Crippen molar-refractivity contribution in [1.29, 1.82) is 0 Å². The molecular weight excluding hydrogens is 214 g/mol. The summed E-state index contributed by atoms with van der Waals surface area (Å²) in [6.45, 7) is 7.48. The predicted molar refractivity (Wildman–Crippen MR) is 67.4 cm³/mol. The molecule has 4 nitrogen and oxygen atoms in total. The fourth-order valence-electron chi connectivity index (χ4n) is 2.18. The van der Waals surface area contributed by atoms with Crippen molar-refractivity contribution < 1.29 is 4.74 Å². The predicted octanol–water partition coefficient (Wildman–Crippen LogP) is 1.15. The third-order valence-corrected chi connectivity index (χ3v) is 3.29. The Hall–Kier alpha value is -0.970. The van der Waals surface area contributed by atoms with E-state index >= 15 is 0 Å². The van der Waals surface area contributed by atoms with Gasteiger partial charge in [0.25, 0.3) is 0 Å². The number of hydrogen-bond acceptors (Lipinski definition) is 4. The summed E-state index contributed by atoms with van der Waals surface area (Å²) < 4.78 is 5.63. The van der Waals surface area contributed by atoms with Gasteiger partial charge in [0.15, 0.2) is 0 Å². The minimum absolute atomic E-state index is 0.302. The number of nitrogens with two attached hydrogens (primary N) is 1. The molecule has 1 aromatic rings. The Balaban J connectivity index is 2.08. The minimum atomic E-state index is 0.302. The van der Waals surface area contributed by atoms with E-state index in [0.29, 0.717) is 18.7 Å². The zero-order valence-electron chi connectivity index (χ0n) is 10.6. The summed E-state index contributed by atoms with van der Waals surface area (Å²) in [4.78, 5) is 6.85. The maximum Gasteiger partial charge on any atom is 0.0674 e. The van der Waals surface area contributed by atoms with E-state index in [1.165, 1.54) is 0 Å². The Bertz CT molecular complexity index is 369. The topological polar surface area (TPSA) is 51.4 Å². The van der Waals surface area contributed by atoms with Gasteiger partial charge in [0, 0.05) is 31.9 Å². The van der Waals surface area contributed by atoms with Crippen molar-refractivity contribution in [2.24, 2.45) is 5.73 Å². The second kappa shape index (κ2) is 5.58. The molecule has 0 bridgehead atoms. The van der Waals surface area contributed by atoms with Crippen molar-refractivity contribution in [2.75, 3.05) is 13.2 Å². The first-order valence-corrected chi connectivity index (χ1v) is 6.19. The highest BCUT2D eigenvalue weighted by molar-refractivity contribution is 5.19. The van der Waals surface area contributed by atoms with E-state index in [-0.39, 0.29) is 0 Å². The van der Waals surface area contributed by atoms with Crippen LogP contribution in [0.1, 0.15) is 25.1 Å². The summed E-state index contributed by atoms with van der Waals surface area (Å²) in [6.07, 6.45) is 2.14. The van der Waals surface area contributed by atoms with E-state index in [2.05, 4.69) is 29.8 Å². The number of aromatic nitrogens is 1. The highest BCUT2D eigenvalue weighted by Crippen LogP contribution is 2.16. The third-order valence-electron chi connectivity index (χ3n) is 3.29. The first kappa shape index (κ1) is 12.5. The number of pyridine rings is 1. The highest BCUT2D eigenvalue weighted by Gasteiger charge is 2.24. The summed E-state index contributed by atoms with van der Waals surface area (Å²) in [5.74, 6) is 0. The number of morpholine rings is 1. The molecule has 17 heavy (non-hydrogen) atoms. The molecular formula is C13H21N3O. The molecule has 2 unspecified atom stereocenters. The molecule has 0 saturated carbocycles. The molecule has 0 aliphatic carbocycles. The van der Waals surface area contributed by atoms with Crippen LogP contribution in [0.25, 0.3) is 0 Å². The molecule has 0 radical (unpaired) electrons. The van der Waals surface area contributed by atoms with E-state index in [4.69, 9.17) is 10.5 Å². The van der Waals surface area contributed by atoms with Gasteiger partial charge in [-0.1, -0.05) is 6.07 Å². The molecule has 1 aliphatic heterocycles. The lowest BCUT2D eigenvalue weighted by Gasteiger charge is -2.36. The summed E-state index contributed by atoms with van der Waals surface area (Å²) in [7, 11) is 0. The Morgan fingerprint density at radius 2 is 2.35 bits per heavy atom. The summed E-state index contributed by atoms with van der Waals surface area (Å²) in [5.41, 5.74) is 7.97. The van der Waals surface area contributed by atoms with Crippen LogP contribution in [0, 0.1) is 0 Å². The van der Waals surface area contributed by atoms with Gasteiger partial charge < -0.3 is 10.5 Å². The quantitative estimate of drug-likeness (QED) is 0.854. The monoisotopic (exact) mass is 235 g/mol. The van der Waals surface area contributed by atoms with Crippen LogP contribution in [-0.4, -0.2) is 35.2 Å². The lowest BCUT2D eigenvalue weighted by molar-refractivity contribution is -0.0531. The summed E-state index contributed by atoms with van der Waals surface area (Å²) in [6, 6.07) is 4.44. The average molecular weight is 235 g/mol. The Morgan fingerprint density at radius 3 is 3.12 bits per heavy atom. The molecule has 2 rings (SSSR count). The van der Waals surface area contributed by atoms with Crippen LogP contribution in [0.5, 0.6) is 0 Å². The fourth-order valence-corrected chi connectivity index (χ4v) is 2.18. The highest BCUT2D eigenvalue weighted by atomic mass is 16.5. The van der Waals surface area contributed by atoms with Gasteiger partial charge >= 0.3 is 0 Å². The molecule has 2 N–H and O–H groups in total. The third kappa shape index (κ3) is 3.03. The summed E-state index contributed by atoms with van der Waals surface area (Å²) in [5, 5.41) is 0. The fraction of sp³-hybridized carbons (Fsp3) is 0.615. The van der Waals surface area contributed by atoms with E-state index in [0.717, 1.165) is 31.0 Å². The molecule has 1 fully saturated rings. The minimum Gasteiger partial charge on any atom is -0.376 e. The molecule has 94 valence electrons. The van der Waals surface area contributed by atoms with Crippen LogP contribution in [-0.2, 0) is 17.8 Å². The van der Waals surface area contributed by atoms with Gasteiger partial charge in [-0.15, -0.1) is 0 Å². The molecule has 2 atom stereocenters. The second-order valence-corrected chi connectivity index (χ2v) is 4.74. The zero-order valence-corrected chi connectivity index (χ0v) is 10.6. The van der Waals surface area contributed by atoms with Gasteiger partial charge in [0.05, 0.1) is 18.4 Å². The van der Waals surface area contributed by atoms with Crippen LogP contribution in [0.3, 0.4) is 0 Å². The van der Waals surface area contributed by atoms with Crippen molar-refractivity contribution in [1.82, 2.24) is 9.88 Å². The van der Waals surface area contributed by atoms with Gasteiger partial charge in [-0.2, -0.15) is 0 Å². The van der Waals surface area contributed by atoms with E-state index in [9.17, 15) is 0 Å². The van der Waals surface area contributed by atoms with Crippen LogP contribution < -0.4 is 5.73 Å². The molecule has 0 aromatic carbocycles. The number of hydrogen-bond donors (Lipinski definition) is 1. The van der Waals surface area contributed by atoms with Gasteiger partial charge in [-0.25, -0.2) is 0 Å². The van der Waals surface area contributed by atoms with Crippen molar-refractivity contribution in [3.8, 4) is 0 Å². The van der Waals surface area contributed by atoms with Gasteiger partial charge in [0.1, 0.15) is 0 Å². The van der Waals surface area contributed by atoms with Crippen LogP contribution in [0.4, 0.5) is 0 Å². The number of rotatable bonds is 3. The van der Waals surface area contributed by atoms with Crippen LogP contribution in [0.2, 0.25) is 0 Å². The maximum absolute atomic E-state index is 5.73. The van der Waals surface area contributed by atoms with Crippen LogP contribution >= 0.6 is 0 Å². The average Bonchev–Trinajstić information content (AvgIpc) is 2.34. The molecule has 0 spiro atoms. The van der Waals surface area contributed by atoms with Gasteiger partial charge in [-0.3, -0.25) is 9.88 Å². The normalized spacial score (nSPS) is 26.1. The van der Waals surface area contributed by atoms with Crippen LogP contribution in [0.15, 0.2) is 18.3 Å². The largest absolute Gasteiger partial charge is 0.376 e. The van der Waals surface area contributed by atoms with Gasteiger partial charge in [-0.05, 0) is 25.5 Å². The molecule has 1 saturated heterocycles. The van der Waals surface area contributed by atoms with E-state index in [1.54, 1.807) is 0 Å². The smallest absolute Gasteiger partial charge is 0.0674 e. The Labute approximate surface area is 103 Å². The Kier molecular flexibility index (Phi) is 4.10. The number of ether oxygens (including phenoxy) is 1. The first-order valence-electron chi connectivity index (χ1n) is 6.19. The lowest BCUT2D eigenvalue weighted by atomic mass is 10.1. The zero-order chi connectivity index (χ0) is 12.3. The van der Waals surface area contributed by atoms with Crippen molar-refractivity contribution in [3.63, 3.8) is 0 Å². The van der Waals surface area contributed by atoms with Crippen molar-refractivity contribution in [3.05, 3.63) is 29.6 Å². The van der Waals surface area contributed by atoms with E-state index < -0.39 is 0 Å². The standard InChI is InChI=1S/C13H21N3O/c1-10-9-17-11(2)7-16(10)8-13-12(6-14)4-3-5-15-13/h3-5,10-11H,6-9,14H2,1-2H3. The van der Waals surface area contributed by atoms with E-state index in [1.807, 2.05) is 12.3 Å². The second-order valence-electron chi connectivity index (χ2n) is 4.74.